The maximum Gasteiger partial charge on any atom is 0.339 e. The van der Waals surface area contributed by atoms with Gasteiger partial charge in [0, 0.05) is 13.2 Å². The van der Waals surface area contributed by atoms with Gasteiger partial charge in [0.15, 0.2) is 5.69 Å². The van der Waals surface area contributed by atoms with Crippen LogP contribution in [0.2, 0.25) is 0 Å². The summed E-state index contributed by atoms with van der Waals surface area (Å²) in [5, 5.41) is 24.5. The van der Waals surface area contributed by atoms with Crippen molar-refractivity contribution in [3.8, 4) is 0 Å². The highest BCUT2D eigenvalue weighted by Gasteiger charge is 2.25. The molecule has 2 aromatic rings. The lowest BCUT2D eigenvalue weighted by Crippen LogP contribution is -2.31. The third kappa shape index (κ3) is 3.94. The fraction of sp³-hybridized carbons (Fsp3) is 0.200. The average Bonchev–Trinajstić information content (AvgIpc) is 2.89. The van der Waals surface area contributed by atoms with Crippen molar-refractivity contribution in [2.45, 2.75) is 12.5 Å². The Morgan fingerprint density at radius 2 is 1.87 bits per heavy atom. The number of aromatic nitrogens is 2. The zero-order valence-electron chi connectivity index (χ0n) is 12.3. The number of nitrogens with zero attached hydrogens (tertiary/aromatic N) is 2. The lowest BCUT2D eigenvalue weighted by atomic mass is 10.0. The number of aryl methyl sites for hydroxylation is 1. The van der Waals surface area contributed by atoms with Crippen LogP contribution in [0.3, 0.4) is 0 Å². The zero-order chi connectivity index (χ0) is 17.0. The number of carboxylic acids is 2. The van der Waals surface area contributed by atoms with Crippen LogP contribution in [0.15, 0.2) is 36.5 Å². The van der Waals surface area contributed by atoms with Gasteiger partial charge in [0.05, 0.1) is 12.5 Å². The van der Waals surface area contributed by atoms with Crippen LogP contribution in [-0.4, -0.2) is 37.8 Å². The Morgan fingerprint density at radius 3 is 2.43 bits per heavy atom. The molecule has 23 heavy (non-hydrogen) atoms. The number of aliphatic carboxylic acids is 1. The molecule has 120 valence electrons. The van der Waals surface area contributed by atoms with Crippen molar-refractivity contribution < 1.29 is 24.6 Å². The summed E-state index contributed by atoms with van der Waals surface area (Å²) in [7, 11) is 1.50. The normalized spacial score (nSPS) is 11.7. The van der Waals surface area contributed by atoms with Gasteiger partial charge in [0.2, 0.25) is 0 Å². The van der Waals surface area contributed by atoms with E-state index in [0.717, 1.165) is 0 Å². The Balaban J connectivity index is 2.28. The molecule has 0 saturated carbocycles. The van der Waals surface area contributed by atoms with Crippen LogP contribution < -0.4 is 5.32 Å². The number of rotatable bonds is 6. The molecule has 1 heterocycles. The van der Waals surface area contributed by atoms with E-state index in [-0.39, 0.29) is 17.7 Å². The van der Waals surface area contributed by atoms with E-state index >= 15 is 0 Å². The van der Waals surface area contributed by atoms with Gasteiger partial charge in [-0.2, -0.15) is 5.10 Å². The first-order valence-electron chi connectivity index (χ1n) is 6.73. The predicted octanol–water partition coefficient (Wildman–Crippen LogP) is 1.06. The molecule has 0 aliphatic carbocycles. The second-order valence-electron chi connectivity index (χ2n) is 4.90. The summed E-state index contributed by atoms with van der Waals surface area (Å²) in [5.74, 6) is -3.10. The SMILES string of the molecule is Cn1cc(C(=O)O)c(C(=O)N[C@H](CC(=O)O)c2ccccc2)n1. The molecule has 0 fully saturated rings. The summed E-state index contributed by atoms with van der Waals surface area (Å²) in [6.07, 6.45) is 0.886. The highest BCUT2D eigenvalue weighted by atomic mass is 16.4. The quantitative estimate of drug-likeness (QED) is 0.732. The van der Waals surface area contributed by atoms with Crippen molar-refractivity contribution in [1.82, 2.24) is 15.1 Å². The standard InChI is InChI=1S/C15H15N3O5/c1-18-8-10(15(22)23)13(17-18)14(21)16-11(7-12(19)20)9-5-3-2-4-6-9/h2-6,8,11H,7H2,1H3,(H,16,21)(H,19,20)(H,22,23)/t11-/m1/s1. The maximum absolute atomic E-state index is 12.3. The number of carboxylic acid groups (broad SMARTS) is 2. The van der Waals surface area contributed by atoms with E-state index < -0.39 is 23.9 Å². The summed E-state index contributed by atoms with van der Waals surface area (Å²) in [4.78, 5) is 34.5. The molecule has 0 saturated heterocycles. The zero-order valence-corrected chi connectivity index (χ0v) is 12.3. The molecule has 2 rings (SSSR count). The second-order valence-corrected chi connectivity index (χ2v) is 4.90. The minimum Gasteiger partial charge on any atom is -0.481 e. The van der Waals surface area contributed by atoms with Gasteiger partial charge in [-0.1, -0.05) is 30.3 Å². The lowest BCUT2D eigenvalue weighted by Gasteiger charge is -2.17. The van der Waals surface area contributed by atoms with Gasteiger partial charge >= 0.3 is 11.9 Å². The van der Waals surface area contributed by atoms with E-state index in [4.69, 9.17) is 10.2 Å². The van der Waals surface area contributed by atoms with E-state index in [9.17, 15) is 14.4 Å². The molecule has 0 unspecified atom stereocenters. The molecule has 8 heteroatoms. The largest absolute Gasteiger partial charge is 0.481 e. The number of carbonyl (C=O) groups excluding carboxylic acids is 1. The molecule has 1 amide bonds. The van der Waals surface area contributed by atoms with Gasteiger partial charge in [-0.3, -0.25) is 14.3 Å². The van der Waals surface area contributed by atoms with E-state index in [1.165, 1.54) is 17.9 Å². The van der Waals surface area contributed by atoms with Crippen LogP contribution in [0.4, 0.5) is 0 Å². The van der Waals surface area contributed by atoms with Crippen LogP contribution in [0.25, 0.3) is 0 Å². The Labute approximate surface area is 131 Å². The van der Waals surface area contributed by atoms with E-state index in [2.05, 4.69) is 10.4 Å². The maximum atomic E-state index is 12.3. The van der Waals surface area contributed by atoms with Crippen molar-refractivity contribution in [3.05, 3.63) is 53.3 Å². The molecule has 8 nitrogen and oxygen atoms in total. The smallest absolute Gasteiger partial charge is 0.339 e. The number of carbonyl (C=O) groups is 3. The number of hydrogen-bond acceptors (Lipinski definition) is 4. The molecule has 1 atom stereocenters. The van der Waals surface area contributed by atoms with Crippen LogP contribution >= 0.6 is 0 Å². The second kappa shape index (κ2) is 6.73. The van der Waals surface area contributed by atoms with Crippen molar-refractivity contribution in [2.75, 3.05) is 0 Å². The Kier molecular flexibility index (Phi) is 4.75. The summed E-state index contributed by atoms with van der Waals surface area (Å²) in [5.41, 5.74) is 0.106. The molecule has 0 bridgehead atoms. The van der Waals surface area contributed by atoms with Crippen LogP contribution in [0, 0.1) is 0 Å². The van der Waals surface area contributed by atoms with Crippen molar-refractivity contribution >= 4 is 17.8 Å². The van der Waals surface area contributed by atoms with Crippen LogP contribution in [0.1, 0.15) is 38.9 Å². The molecular formula is C15H15N3O5. The van der Waals surface area contributed by atoms with Gasteiger partial charge < -0.3 is 15.5 Å². The van der Waals surface area contributed by atoms with Crippen LogP contribution in [0.5, 0.6) is 0 Å². The molecule has 0 aliphatic rings. The van der Waals surface area contributed by atoms with Crippen LogP contribution in [-0.2, 0) is 11.8 Å². The fourth-order valence-corrected chi connectivity index (χ4v) is 2.15. The highest BCUT2D eigenvalue weighted by molar-refractivity contribution is 6.03. The molecule has 1 aromatic carbocycles. The lowest BCUT2D eigenvalue weighted by molar-refractivity contribution is -0.137. The topological polar surface area (TPSA) is 122 Å². The Morgan fingerprint density at radius 1 is 1.22 bits per heavy atom. The predicted molar refractivity (Wildman–Crippen MR) is 79.1 cm³/mol. The molecule has 0 aliphatic heterocycles. The number of amides is 1. The Hall–Kier alpha value is -3.16. The first-order chi connectivity index (χ1) is 10.9. The van der Waals surface area contributed by atoms with Gasteiger partial charge in [-0.05, 0) is 5.56 Å². The van der Waals surface area contributed by atoms with Gasteiger partial charge in [-0.25, -0.2) is 4.79 Å². The number of hydrogen-bond donors (Lipinski definition) is 3. The molecule has 1 aromatic heterocycles. The summed E-state index contributed by atoms with van der Waals surface area (Å²) in [6.45, 7) is 0. The van der Waals surface area contributed by atoms with E-state index in [0.29, 0.717) is 5.56 Å². The first-order valence-corrected chi connectivity index (χ1v) is 6.73. The molecule has 0 radical (unpaired) electrons. The first kappa shape index (κ1) is 16.2. The average molecular weight is 317 g/mol. The van der Waals surface area contributed by atoms with Crippen molar-refractivity contribution in [2.24, 2.45) is 7.05 Å². The summed E-state index contributed by atoms with van der Waals surface area (Å²) < 4.78 is 1.22. The summed E-state index contributed by atoms with van der Waals surface area (Å²) in [6, 6.07) is 7.80. The third-order valence-electron chi connectivity index (χ3n) is 3.16. The van der Waals surface area contributed by atoms with E-state index in [1.54, 1.807) is 30.3 Å². The minimum atomic E-state index is -1.28. The summed E-state index contributed by atoms with van der Waals surface area (Å²) >= 11 is 0. The number of aromatic carboxylic acids is 1. The number of nitrogens with one attached hydrogen (secondary N) is 1. The van der Waals surface area contributed by atoms with Gasteiger partial charge in [-0.15, -0.1) is 0 Å². The van der Waals surface area contributed by atoms with Crippen molar-refractivity contribution in [3.63, 3.8) is 0 Å². The fourth-order valence-electron chi connectivity index (χ4n) is 2.15. The third-order valence-corrected chi connectivity index (χ3v) is 3.16. The minimum absolute atomic E-state index is 0.243. The number of benzene rings is 1. The molecule has 3 N–H and O–H groups in total. The molecular weight excluding hydrogens is 302 g/mol. The van der Waals surface area contributed by atoms with Gasteiger partial charge in [0.1, 0.15) is 5.56 Å². The monoisotopic (exact) mass is 317 g/mol. The molecule has 0 spiro atoms. The van der Waals surface area contributed by atoms with Crippen molar-refractivity contribution in [1.29, 1.82) is 0 Å². The van der Waals surface area contributed by atoms with E-state index in [1.807, 2.05) is 0 Å². The highest BCUT2D eigenvalue weighted by Crippen LogP contribution is 2.18. The van der Waals surface area contributed by atoms with Gasteiger partial charge in [0.25, 0.3) is 5.91 Å². The Bertz CT molecular complexity index is 739.